The van der Waals surface area contributed by atoms with E-state index in [1.54, 1.807) is 0 Å². The van der Waals surface area contributed by atoms with Crippen molar-refractivity contribution in [2.45, 2.75) is 6.92 Å². The number of aryl methyl sites for hydroxylation is 1. The first-order chi connectivity index (χ1) is 6.20. The molecule has 0 fully saturated rings. The van der Waals surface area contributed by atoms with Gasteiger partial charge in [0.2, 0.25) is 0 Å². The molecule has 0 aliphatic rings. The van der Waals surface area contributed by atoms with Crippen LogP contribution in [-0.4, -0.2) is 5.11 Å². The van der Waals surface area contributed by atoms with Crippen LogP contribution >= 0.6 is 15.9 Å². The maximum absolute atomic E-state index is 9.79. The number of phenolic OH excluding ortho intramolecular Hbond substituents is 1. The van der Waals surface area contributed by atoms with Crippen LogP contribution < -0.4 is 0 Å². The van der Waals surface area contributed by atoms with Crippen molar-refractivity contribution in [3.8, 4) is 5.75 Å². The summed E-state index contributed by atoms with van der Waals surface area (Å²) in [6.07, 6.45) is 0. The van der Waals surface area contributed by atoms with Gasteiger partial charge in [-0.1, -0.05) is 30.3 Å². The Hall–Kier alpha value is -1.02. The first-order valence-electron chi connectivity index (χ1n) is 4.07. The highest BCUT2D eigenvalue weighted by atomic mass is 79.9. The normalized spacial score (nSPS) is 10.6. The van der Waals surface area contributed by atoms with Crippen molar-refractivity contribution >= 4 is 26.7 Å². The Kier molecular flexibility index (Phi) is 2.00. The molecule has 0 aromatic heterocycles. The molecule has 0 radical (unpaired) electrons. The van der Waals surface area contributed by atoms with Crippen molar-refractivity contribution in [1.29, 1.82) is 0 Å². The van der Waals surface area contributed by atoms with Gasteiger partial charge in [-0.15, -0.1) is 0 Å². The maximum atomic E-state index is 9.79. The first-order valence-corrected chi connectivity index (χ1v) is 4.86. The van der Waals surface area contributed by atoms with E-state index in [9.17, 15) is 5.11 Å². The van der Waals surface area contributed by atoms with Crippen LogP contribution in [-0.2, 0) is 0 Å². The molecule has 0 saturated carbocycles. The minimum Gasteiger partial charge on any atom is -0.506 e. The molecular formula is C11H9BrO. The second-order valence-electron chi connectivity index (χ2n) is 3.08. The highest BCUT2D eigenvalue weighted by Gasteiger charge is 2.06. The molecule has 2 rings (SSSR count). The van der Waals surface area contributed by atoms with E-state index in [-0.39, 0.29) is 0 Å². The molecule has 1 N–H and O–H groups in total. The third-order valence-electron chi connectivity index (χ3n) is 2.14. The molecule has 2 aromatic rings. The van der Waals surface area contributed by atoms with Crippen molar-refractivity contribution in [3.63, 3.8) is 0 Å². The van der Waals surface area contributed by atoms with E-state index in [1.807, 2.05) is 31.2 Å². The van der Waals surface area contributed by atoms with E-state index in [0.29, 0.717) is 5.75 Å². The van der Waals surface area contributed by atoms with Crippen molar-refractivity contribution in [1.82, 2.24) is 0 Å². The molecule has 0 heterocycles. The lowest BCUT2D eigenvalue weighted by Gasteiger charge is -2.05. The summed E-state index contributed by atoms with van der Waals surface area (Å²) >= 11 is 3.35. The van der Waals surface area contributed by atoms with Gasteiger partial charge in [-0.2, -0.15) is 0 Å². The molecule has 0 bridgehead atoms. The third kappa shape index (κ3) is 1.31. The minimum absolute atomic E-state index is 0.329. The Balaban J connectivity index is 2.94. The van der Waals surface area contributed by atoms with Gasteiger partial charge >= 0.3 is 0 Å². The topological polar surface area (TPSA) is 20.2 Å². The predicted molar refractivity (Wildman–Crippen MR) is 58.0 cm³/mol. The maximum Gasteiger partial charge on any atom is 0.137 e. The highest BCUT2D eigenvalue weighted by molar-refractivity contribution is 9.10. The number of benzene rings is 2. The zero-order valence-corrected chi connectivity index (χ0v) is 8.80. The van der Waals surface area contributed by atoms with Gasteiger partial charge in [-0.25, -0.2) is 0 Å². The van der Waals surface area contributed by atoms with Gasteiger partial charge in [-0.3, -0.25) is 0 Å². The van der Waals surface area contributed by atoms with Gasteiger partial charge in [0, 0.05) is 5.39 Å². The standard InChI is InChI=1S/C11H9BrO/c1-7-6-8-4-2-3-5-9(8)11(13)10(7)12/h2-6,13H,1H3. The number of phenols is 1. The molecule has 0 spiro atoms. The molecule has 0 aliphatic heterocycles. The van der Waals surface area contributed by atoms with E-state index in [2.05, 4.69) is 22.0 Å². The van der Waals surface area contributed by atoms with Crippen LogP contribution in [0.15, 0.2) is 34.8 Å². The molecule has 0 aliphatic carbocycles. The van der Waals surface area contributed by atoms with Gasteiger partial charge in [0.15, 0.2) is 0 Å². The lowest BCUT2D eigenvalue weighted by molar-refractivity contribution is 0.478. The van der Waals surface area contributed by atoms with Crippen LogP contribution in [0.1, 0.15) is 5.56 Å². The largest absolute Gasteiger partial charge is 0.506 e. The summed E-state index contributed by atoms with van der Waals surface area (Å²) in [5.41, 5.74) is 1.05. The zero-order valence-electron chi connectivity index (χ0n) is 7.21. The molecule has 2 heteroatoms. The Labute approximate surface area is 85.1 Å². The van der Waals surface area contributed by atoms with E-state index in [1.165, 1.54) is 0 Å². The van der Waals surface area contributed by atoms with Crippen LogP contribution in [0.3, 0.4) is 0 Å². The molecule has 66 valence electrons. The van der Waals surface area contributed by atoms with E-state index in [4.69, 9.17) is 0 Å². The fourth-order valence-electron chi connectivity index (χ4n) is 1.44. The second kappa shape index (κ2) is 3.04. The Morgan fingerprint density at radius 3 is 2.69 bits per heavy atom. The van der Waals surface area contributed by atoms with Gasteiger partial charge < -0.3 is 5.11 Å². The highest BCUT2D eigenvalue weighted by Crippen LogP contribution is 2.35. The lowest BCUT2D eigenvalue weighted by atomic mass is 10.1. The third-order valence-corrected chi connectivity index (χ3v) is 3.14. The van der Waals surface area contributed by atoms with Crippen molar-refractivity contribution in [2.24, 2.45) is 0 Å². The summed E-state index contributed by atoms with van der Waals surface area (Å²) in [4.78, 5) is 0. The Morgan fingerprint density at radius 1 is 1.23 bits per heavy atom. The Morgan fingerprint density at radius 2 is 1.92 bits per heavy atom. The summed E-state index contributed by atoms with van der Waals surface area (Å²) in [7, 11) is 0. The number of hydrogen-bond donors (Lipinski definition) is 1. The fourth-order valence-corrected chi connectivity index (χ4v) is 1.77. The summed E-state index contributed by atoms with van der Waals surface area (Å²) < 4.78 is 0.784. The van der Waals surface area contributed by atoms with Gasteiger partial charge in [0.25, 0.3) is 0 Å². The van der Waals surface area contributed by atoms with Gasteiger partial charge in [0.05, 0.1) is 4.47 Å². The van der Waals surface area contributed by atoms with Crippen LogP contribution in [0, 0.1) is 6.92 Å². The number of hydrogen-bond acceptors (Lipinski definition) is 1. The van der Waals surface area contributed by atoms with Crippen molar-refractivity contribution < 1.29 is 5.11 Å². The van der Waals surface area contributed by atoms with E-state index in [0.717, 1.165) is 20.8 Å². The van der Waals surface area contributed by atoms with Gasteiger partial charge in [0.1, 0.15) is 5.75 Å². The molecular weight excluding hydrogens is 228 g/mol. The lowest BCUT2D eigenvalue weighted by Crippen LogP contribution is -1.80. The van der Waals surface area contributed by atoms with Crippen LogP contribution in [0.4, 0.5) is 0 Å². The van der Waals surface area contributed by atoms with E-state index < -0.39 is 0 Å². The SMILES string of the molecule is Cc1cc2ccccc2c(O)c1Br. The van der Waals surface area contributed by atoms with Crippen LogP contribution in [0.2, 0.25) is 0 Å². The zero-order chi connectivity index (χ0) is 9.42. The van der Waals surface area contributed by atoms with Crippen LogP contribution in [0.25, 0.3) is 10.8 Å². The second-order valence-corrected chi connectivity index (χ2v) is 3.87. The molecule has 0 amide bonds. The molecule has 13 heavy (non-hydrogen) atoms. The van der Waals surface area contributed by atoms with Crippen LogP contribution in [0.5, 0.6) is 5.75 Å². The quantitative estimate of drug-likeness (QED) is 0.741. The molecule has 1 nitrogen and oxygen atoms in total. The number of fused-ring (bicyclic) bond motifs is 1. The summed E-state index contributed by atoms with van der Waals surface area (Å²) in [5, 5.41) is 11.8. The average molecular weight is 237 g/mol. The summed E-state index contributed by atoms with van der Waals surface area (Å²) in [6, 6.07) is 9.85. The number of rotatable bonds is 0. The first kappa shape index (κ1) is 8.57. The number of aromatic hydroxyl groups is 1. The average Bonchev–Trinajstić information content (AvgIpc) is 2.15. The molecule has 2 aromatic carbocycles. The smallest absolute Gasteiger partial charge is 0.137 e. The summed E-state index contributed by atoms with van der Waals surface area (Å²) in [6.45, 7) is 1.97. The number of halogens is 1. The van der Waals surface area contributed by atoms with Crippen molar-refractivity contribution in [2.75, 3.05) is 0 Å². The molecule has 0 atom stereocenters. The fraction of sp³-hybridized carbons (Fsp3) is 0.0909. The minimum atomic E-state index is 0.329. The van der Waals surface area contributed by atoms with Gasteiger partial charge in [-0.05, 0) is 33.8 Å². The Bertz CT molecular complexity index is 463. The van der Waals surface area contributed by atoms with E-state index >= 15 is 0 Å². The van der Waals surface area contributed by atoms with Crippen molar-refractivity contribution in [3.05, 3.63) is 40.4 Å². The molecule has 0 unspecified atom stereocenters. The predicted octanol–water partition coefficient (Wildman–Crippen LogP) is 3.62. The molecule has 0 saturated heterocycles. The summed E-state index contributed by atoms with van der Waals surface area (Å²) in [5.74, 6) is 0.329. The monoisotopic (exact) mass is 236 g/mol.